The fourth-order valence-corrected chi connectivity index (χ4v) is 6.57. The third-order valence-corrected chi connectivity index (χ3v) is 8.27. The van der Waals surface area contributed by atoms with E-state index in [9.17, 15) is 9.59 Å². The van der Waals surface area contributed by atoms with Gasteiger partial charge in [-0.25, -0.2) is 14.8 Å². The highest BCUT2D eigenvalue weighted by Crippen LogP contribution is 2.41. The van der Waals surface area contributed by atoms with E-state index < -0.39 is 0 Å². The van der Waals surface area contributed by atoms with Crippen LogP contribution in [0.1, 0.15) is 37.6 Å². The SMILES string of the molecule is CCN(C(=O)OC1CCc2c(sc3ncnc(Nc4cc5sc(=O)[nH]c5cc4OC)c23)C1)C(C)C. The van der Waals surface area contributed by atoms with Gasteiger partial charge in [-0.3, -0.25) is 4.79 Å². The van der Waals surface area contributed by atoms with Gasteiger partial charge >= 0.3 is 11.0 Å². The van der Waals surface area contributed by atoms with Crippen molar-refractivity contribution in [2.45, 2.75) is 52.2 Å². The van der Waals surface area contributed by atoms with E-state index in [4.69, 9.17) is 9.47 Å². The number of benzene rings is 1. The largest absolute Gasteiger partial charge is 0.494 e. The summed E-state index contributed by atoms with van der Waals surface area (Å²) in [6.07, 6.45) is 3.34. The van der Waals surface area contributed by atoms with Crippen molar-refractivity contribution in [2.75, 3.05) is 19.0 Å². The Morgan fingerprint density at radius 1 is 1.31 bits per heavy atom. The van der Waals surface area contributed by atoms with Gasteiger partial charge in [-0.15, -0.1) is 11.3 Å². The lowest BCUT2D eigenvalue weighted by atomic mass is 9.94. The van der Waals surface area contributed by atoms with E-state index in [1.54, 1.807) is 29.7 Å². The molecule has 0 radical (unpaired) electrons. The maximum atomic E-state index is 12.6. The first kappa shape index (κ1) is 23.6. The number of carbonyl (C=O) groups excluding carboxylic acids is 1. The van der Waals surface area contributed by atoms with E-state index in [-0.39, 0.29) is 23.1 Å². The van der Waals surface area contributed by atoms with Gasteiger partial charge in [-0.2, -0.15) is 0 Å². The number of H-pyrrole nitrogens is 1. The second-order valence-corrected chi connectivity index (χ2v) is 10.8. The van der Waals surface area contributed by atoms with Crippen LogP contribution in [0.5, 0.6) is 5.75 Å². The van der Waals surface area contributed by atoms with Crippen molar-refractivity contribution in [1.29, 1.82) is 0 Å². The molecule has 11 heteroatoms. The second kappa shape index (κ2) is 9.46. The molecular formula is C24H27N5O4S2. The van der Waals surface area contributed by atoms with Gasteiger partial charge in [0.15, 0.2) is 0 Å². The van der Waals surface area contributed by atoms with Gasteiger partial charge < -0.3 is 24.7 Å². The lowest BCUT2D eigenvalue weighted by Crippen LogP contribution is -2.40. The third-order valence-electron chi connectivity index (χ3n) is 6.26. The van der Waals surface area contributed by atoms with Gasteiger partial charge in [-0.1, -0.05) is 11.3 Å². The summed E-state index contributed by atoms with van der Waals surface area (Å²) in [4.78, 5) is 40.0. The van der Waals surface area contributed by atoms with Gasteiger partial charge in [0.1, 0.15) is 28.8 Å². The number of rotatable bonds is 6. The molecule has 1 amide bonds. The quantitative estimate of drug-likeness (QED) is 0.370. The molecule has 0 saturated carbocycles. The summed E-state index contributed by atoms with van der Waals surface area (Å²) >= 11 is 2.77. The standard InChI is InChI=1S/C24H27N5O4S2/c1-5-29(12(2)3)24(31)33-13-6-7-14-18(8-13)34-22-20(14)21(25-11-26-22)27-15-10-19-16(9-17(15)32-4)28-23(30)35-19/h9-13H,5-8H2,1-4H3,(H,28,30)(H,25,26,27). The Bertz CT molecular complexity index is 1460. The highest BCUT2D eigenvalue weighted by Gasteiger charge is 2.29. The minimum absolute atomic E-state index is 0.100. The number of hydrogen-bond acceptors (Lipinski definition) is 9. The van der Waals surface area contributed by atoms with Gasteiger partial charge in [0.05, 0.1) is 28.4 Å². The molecular weight excluding hydrogens is 486 g/mol. The lowest BCUT2D eigenvalue weighted by Gasteiger charge is -2.29. The zero-order valence-corrected chi connectivity index (χ0v) is 21.6. The third kappa shape index (κ3) is 4.45. The molecule has 3 aromatic heterocycles. The minimum Gasteiger partial charge on any atom is -0.494 e. The van der Waals surface area contributed by atoms with Crippen molar-refractivity contribution in [3.8, 4) is 5.75 Å². The average Bonchev–Trinajstić information content (AvgIpc) is 3.37. The predicted molar refractivity (Wildman–Crippen MR) is 140 cm³/mol. The molecule has 1 atom stereocenters. The highest BCUT2D eigenvalue weighted by molar-refractivity contribution is 7.19. The number of thiazole rings is 1. The number of fused-ring (bicyclic) bond motifs is 4. The Hall–Kier alpha value is -3.18. The number of thiophene rings is 1. The second-order valence-electron chi connectivity index (χ2n) is 8.72. The number of hydrogen-bond donors (Lipinski definition) is 2. The van der Waals surface area contributed by atoms with Crippen LogP contribution in [-0.4, -0.2) is 51.7 Å². The molecule has 5 rings (SSSR count). The fraction of sp³-hybridized carbons (Fsp3) is 0.417. The first-order valence-electron chi connectivity index (χ1n) is 11.6. The average molecular weight is 514 g/mol. The van der Waals surface area contributed by atoms with Crippen LogP contribution in [0.2, 0.25) is 0 Å². The number of carbonyl (C=O) groups is 1. The van der Waals surface area contributed by atoms with Crippen molar-refractivity contribution in [3.63, 3.8) is 0 Å². The highest BCUT2D eigenvalue weighted by atomic mass is 32.1. The molecule has 1 aliphatic rings. The van der Waals surface area contributed by atoms with Crippen LogP contribution in [0.15, 0.2) is 23.3 Å². The molecule has 0 bridgehead atoms. The Kier molecular flexibility index (Phi) is 6.37. The van der Waals surface area contributed by atoms with Crippen LogP contribution >= 0.6 is 22.7 Å². The molecule has 3 heterocycles. The molecule has 1 unspecified atom stereocenters. The van der Waals surface area contributed by atoms with Crippen LogP contribution in [0.4, 0.5) is 16.3 Å². The number of nitrogens with zero attached hydrogens (tertiary/aromatic N) is 3. The van der Waals surface area contributed by atoms with E-state index in [1.807, 2.05) is 32.9 Å². The zero-order valence-electron chi connectivity index (χ0n) is 20.0. The number of nitrogens with one attached hydrogen (secondary N) is 2. The fourth-order valence-electron chi connectivity index (χ4n) is 4.56. The van der Waals surface area contributed by atoms with Gasteiger partial charge in [0.2, 0.25) is 0 Å². The number of aromatic amines is 1. The number of methoxy groups -OCH3 is 1. The zero-order chi connectivity index (χ0) is 24.7. The molecule has 35 heavy (non-hydrogen) atoms. The van der Waals surface area contributed by atoms with Crippen LogP contribution in [0.3, 0.4) is 0 Å². The number of aryl methyl sites for hydroxylation is 1. The maximum Gasteiger partial charge on any atom is 0.410 e. The molecule has 4 aromatic rings. The van der Waals surface area contributed by atoms with E-state index in [2.05, 4.69) is 20.3 Å². The number of ether oxygens (including phenoxy) is 2. The van der Waals surface area contributed by atoms with E-state index >= 15 is 0 Å². The first-order chi connectivity index (χ1) is 16.9. The maximum absolute atomic E-state index is 12.6. The predicted octanol–water partition coefficient (Wildman–Crippen LogP) is 5.07. The summed E-state index contributed by atoms with van der Waals surface area (Å²) in [5, 5.41) is 4.40. The molecule has 0 spiro atoms. The number of anilines is 2. The Balaban J connectivity index is 1.44. The van der Waals surface area contributed by atoms with Gasteiger partial charge in [-0.05, 0) is 45.2 Å². The van der Waals surface area contributed by atoms with Crippen LogP contribution in [0.25, 0.3) is 20.4 Å². The molecule has 0 aliphatic heterocycles. The molecule has 2 N–H and O–H groups in total. The van der Waals surface area contributed by atoms with Crippen molar-refractivity contribution in [3.05, 3.63) is 38.6 Å². The molecule has 9 nitrogen and oxygen atoms in total. The molecule has 184 valence electrons. The Morgan fingerprint density at radius 3 is 2.89 bits per heavy atom. The van der Waals surface area contributed by atoms with Crippen molar-refractivity contribution < 1.29 is 14.3 Å². The van der Waals surface area contributed by atoms with Gasteiger partial charge in [0, 0.05) is 30.0 Å². The molecule has 1 aromatic carbocycles. The van der Waals surface area contributed by atoms with Crippen LogP contribution in [0, 0.1) is 0 Å². The number of aromatic nitrogens is 3. The van der Waals surface area contributed by atoms with E-state index in [0.717, 1.165) is 50.3 Å². The Labute approximate surface area is 210 Å². The van der Waals surface area contributed by atoms with Crippen molar-refractivity contribution >= 4 is 60.7 Å². The van der Waals surface area contributed by atoms with E-state index in [0.29, 0.717) is 24.5 Å². The monoisotopic (exact) mass is 513 g/mol. The Morgan fingerprint density at radius 2 is 2.14 bits per heavy atom. The topological polar surface area (TPSA) is 109 Å². The van der Waals surface area contributed by atoms with Crippen LogP contribution < -0.4 is 14.9 Å². The summed E-state index contributed by atoms with van der Waals surface area (Å²) in [7, 11) is 1.60. The summed E-state index contributed by atoms with van der Waals surface area (Å²) in [6, 6.07) is 3.81. The summed E-state index contributed by atoms with van der Waals surface area (Å²) in [5.74, 6) is 1.31. The number of amides is 1. The van der Waals surface area contributed by atoms with Crippen molar-refractivity contribution in [1.82, 2.24) is 19.9 Å². The molecule has 0 fully saturated rings. The molecule has 0 saturated heterocycles. The normalized spacial score (nSPS) is 15.4. The summed E-state index contributed by atoms with van der Waals surface area (Å²) in [5.41, 5.74) is 2.66. The first-order valence-corrected chi connectivity index (χ1v) is 13.2. The summed E-state index contributed by atoms with van der Waals surface area (Å²) < 4.78 is 12.3. The molecule has 1 aliphatic carbocycles. The van der Waals surface area contributed by atoms with Crippen molar-refractivity contribution in [2.24, 2.45) is 0 Å². The lowest BCUT2D eigenvalue weighted by molar-refractivity contribution is 0.0512. The van der Waals surface area contributed by atoms with Gasteiger partial charge in [0.25, 0.3) is 0 Å². The summed E-state index contributed by atoms with van der Waals surface area (Å²) in [6.45, 7) is 6.57. The smallest absolute Gasteiger partial charge is 0.410 e. The van der Waals surface area contributed by atoms with E-state index in [1.165, 1.54) is 10.4 Å². The minimum atomic E-state index is -0.256. The van der Waals surface area contributed by atoms with Crippen LogP contribution in [-0.2, 0) is 17.6 Å².